The zero-order valence-electron chi connectivity index (χ0n) is 10.0. The number of amides is 1. The Balaban J connectivity index is 2.09. The van der Waals surface area contributed by atoms with E-state index in [4.69, 9.17) is 0 Å². The summed E-state index contributed by atoms with van der Waals surface area (Å²) in [5.74, 6) is 0.0694. The van der Waals surface area contributed by atoms with E-state index in [1.165, 1.54) is 5.56 Å². The quantitative estimate of drug-likeness (QED) is 0.812. The number of thiophene rings is 1. The van der Waals surface area contributed by atoms with Crippen LogP contribution in [0, 0.1) is 6.92 Å². The second kappa shape index (κ2) is 5.15. The normalized spacial score (nSPS) is 10.2. The van der Waals surface area contributed by atoms with Gasteiger partial charge in [-0.2, -0.15) is 11.3 Å². The minimum Gasteiger partial charge on any atom is -0.337 e. The first kappa shape index (κ1) is 11.9. The van der Waals surface area contributed by atoms with Crippen LogP contribution in [0.2, 0.25) is 0 Å². The Hall–Kier alpha value is -1.61. The second-order valence-corrected chi connectivity index (χ2v) is 4.94. The standard InChI is InChI=1S/C14H15NOS/c1-11-4-3-5-13(8-11)14(16)15(2)9-12-6-7-17-10-12/h3-8,10H,9H2,1-2H3. The van der Waals surface area contributed by atoms with Crippen molar-refractivity contribution >= 4 is 17.2 Å². The number of nitrogens with zero attached hydrogens (tertiary/aromatic N) is 1. The third-order valence-corrected chi connectivity index (χ3v) is 3.34. The lowest BCUT2D eigenvalue weighted by Gasteiger charge is -2.16. The summed E-state index contributed by atoms with van der Waals surface area (Å²) in [7, 11) is 1.84. The molecule has 0 atom stereocenters. The second-order valence-electron chi connectivity index (χ2n) is 4.16. The molecule has 0 aliphatic rings. The molecule has 17 heavy (non-hydrogen) atoms. The highest BCUT2D eigenvalue weighted by Crippen LogP contribution is 2.12. The van der Waals surface area contributed by atoms with Crippen LogP contribution in [-0.4, -0.2) is 17.9 Å². The van der Waals surface area contributed by atoms with Crippen LogP contribution in [-0.2, 0) is 6.54 Å². The molecule has 1 amide bonds. The van der Waals surface area contributed by atoms with Gasteiger partial charge in [0.25, 0.3) is 5.91 Å². The number of hydrogen-bond donors (Lipinski definition) is 0. The van der Waals surface area contributed by atoms with Gasteiger partial charge in [0.2, 0.25) is 0 Å². The maximum absolute atomic E-state index is 12.2. The Morgan fingerprint density at radius 3 is 2.82 bits per heavy atom. The summed E-state index contributed by atoms with van der Waals surface area (Å²) in [4.78, 5) is 13.9. The van der Waals surface area contributed by atoms with E-state index in [9.17, 15) is 4.79 Å². The molecule has 0 bridgehead atoms. The van der Waals surface area contributed by atoms with E-state index < -0.39 is 0 Å². The lowest BCUT2D eigenvalue weighted by molar-refractivity contribution is 0.0785. The number of rotatable bonds is 3. The van der Waals surface area contributed by atoms with Gasteiger partial charge in [-0.1, -0.05) is 17.7 Å². The summed E-state index contributed by atoms with van der Waals surface area (Å²) in [6.45, 7) is 2.66. The zero-order valence-corrected chi connectivity index (χ0v) is 10.8. The highest BCUT2D eigenvalue weighted by Gasteiger charge is 2.11. The molecule has 2 nitrogen and oxygen atoms in total. The Morgan fingerprint density at radius 2 is 2.18 bits per heavy atom. The van der Waals surface area contributed by atoms with Gasteiger partial charge >= 0.3 is 0 Å². The van der Waals surface area contributed by atoms with Crippen LogP contribution in [0.5, 0.6) is 0 Å². The zero-order chi connectivity index (χ0) is 12.3. The highest BCUT2D eigenvalue weighted by atomic mass is 32.1. The molecule has 0 saturated heterocycles. The molecule has 0 spiro atoms. The average molecular weight is 245 g/mol. The molecule has 88 valence electrons. The van der Waals surface area contributed by atoms with Crippen LogP contribution in [0.25, 0.3) is 0 Å². The molecule has 0 aliphatic carbocycles. The highest BCUT2D eigenvalue weighted by molar-refractivity contribution is 7.07. The molecule has 3 heteroatoms. The largest absolute Gasteiger partial charge is 0.337 e. The van der Waals surface area contributed by atoms with Gasteiger partial charge in [-0.15, -0.1) is 0 Å². The van der Waals surface area contributed by atoms with Crippen molar-refractivity contribution in [2.75, 3.05) is 7.05 Å². The van der Waals surface area contributed by atoms with Crippen LogP contribution in [0.1, 0.15) is 21.5 Å². The van der Waals surface area contributed by atoms with Crippen LogP contribution >= 0.6 is 11.3 Å². The van der Waals surface area contributed by atoms with Crippen LogP contribution in [0.4, 0.5) is 0 Å². The summed E-state index contributed by atoms with van der Waals surface area (Å²) in [5, 5.41) is 4.10. The van der Waals surface area contributed by atoms with Gasteiger partial charge in [0, 0.05) is 19.2 Å². The Labute approximate surface area is 106 Å². The maximum atomic E-state index is 12.2. The fourth-order valence-electron chi connectivity index (χ4n) is 1.73. The molecule has 2 aromatic rings. The molecule has 0 aliphatic heterocycles. The molecule has 0 saturated carbocycles. The van der Waals surface area contributed by atoms with Crippen LogP contribution in [0.3, 0.4) is 0 Å². The minimum atomic E-state index is 0.0694. The third kappa shape index (κ3) is 2.94. The Kier molecular flexibility index (Phi) is 3.59. The summed E-state index contributed by atoms with van der Waals surface area (Å²) >= 11 is 1.65. The van der Waals surface area contributed by atoms with Gasteiger partial charge in [-0.25, -0.2) is 0 Å². The molecular formula is C14H15NOS. The predicted octanol–water partition coefficient (Wildman–Crippen LogP) is 3.33. The van der Waals surface area contributed by atoms with Crippen LogP contribution in [0.15, 0.2) is 41.1 Å². The molecular weight excluding hydrogens is 230 g/mol. The summed E-state index contributed by atoms with van der Waals surface area (Å²) in [6, 6.07) is 9.74. The SMILES string of the molecule is Cc1cccc(C(=O)N(C)Cc2ccsc2)c1. The first-order chi connectivity index (χ1) is 8.16. The maximum Gasteiger partial charge on any atom is 0.253 e. The number of hydrogen-bond acceptors (Lipinski definition) is 2. The summed E-state index contributed by atoms with van der Waals surface area (Å²) in [6.07, 6.45) is 0. The molecule has 1 aromatic heterocycles. The number of carbonyl (C=O) groups excluding carboxylic acids is 1. The van der Waals surface area contributed by atoms with Crippen molar-refractivity contribution in [1.29, 1.82) is 0 Å². The van der Waals surface area contributed by atoms with Gasteiger partial charge in [-0.05, 0) is 41.4 Å². The predicted molar refractivity (Wildman–Crippen MR) is 71.3 cm³/mol. The van der Waals surface area contributed by atoms with Crippen molar-refractivity contribution in [2.45, 2.75) is 13.5 Å². The van der Waals surface area contributed by atoms with E-state index in [2.05, 4.69) is 5.38 Å². The van der Waals surface area contributed by atoms with E-state index in [-0.39, 0.29) is 5.91 Å². The van der Waals surface area contributed by atoms with Crippen molar-refractivity contribution in [1.82, 2.24) is 4.90 Å². The van der Waals surface area contributed by atoms with Gasteiger partial charge in [0.05, 0.1) is 0 Å². The smallest absolute Gasteiger partial charge is 0.253 e. The number of carbonyl (C=O) groups is 1. The first-order valence-corrected chi connectivity index (χ1v) is 6.44. The molecule has 1 aromatic carbocycles. The topological polar surface area (TPSA) is 20.3 Å². The molecule has 0 N–H and O–H groups in total. The molecule has 2 rings (SSSR count). The van der Waals surface area contributed by atoms with Crippen molar-refractivity contribution in [2.24, 2.45) is 0 Å². The minimum absolute atomic E-state index is 0.0694. The third-order valence-electron chi connectivity index (χ3n) is 2.61. The monoisotopic (exact) mass is 245 g/mol. The van der Waals surface area contributed by atoms with Crippen molar-refractivity contribution in [3.8, 4) is 0 Å². The van der Waals surface area contributed by atoms with Gasteiger partial charge in [0.1, 0.15) is 0 Å². The molecule has 0 unspecified atom stereocenters. The number of benzene rings is 1. The van der Waals surface area contributed by atoms with E-state index >= 15 is 0 Å². The molecule has 0 fully saturated rings. The van der Waals surface area contributed by atoms with Gasteiger partial charge in [0.15, 0.2) is 0 Å². The van der Waals surface area contributed by atoms with E-state index in [1.54, 1.807) is 16.2 Å². The van der Waals surface area contributed by atoms with Gasteiger partial charge in [-0.3, -0.25) is 4.79 Å². The molecule has 1 heterocycles. The number of aryl methyl sites for hydroxylation is 1. The first-order valence-electron chi connectivity index (χ1n) is 5.50. The van der Waals surface area contributed by atoms with Gasteiger partial charge < -0.3 is 4.90 Å². The molecule has 0 radical (unpaired) electrons. The average Bonchev–Trinajstić information content (AvgIpc) is 2.80. The van der Waals surface area contributed by atoms with Crippen molar-refractivity contribution < 1.29 is 4.79 Å². The fourth-order valence-corrected chi connectivity index (χ4v) is 2.39. The lowest BCUT2D eigenvalue weighted by Crippen LogP contribution is -2.25. The van der Waals surface area contributed by atoms with E-state index in [0.29, 0.717) is 6.54 Å². The summed E-state index contributed by atoms with van der Waals surface area (Å²) in [5.41, 5.74) is 3.04. The lowest BCUT2D eigenvalue weighted by atomic mass is 10.1. The summed E-state index contributed by atoms with van der Waals surface area (Å²) < 4.78 is 0. The van der Waals surface area contributed by atoms with Crippen LogP contribution < -0.4 is 0 Å². The van der Waals surface area contributed by atoms with Crippen molar-refractivity contribution in [3.63, 3.8) is 0 Å². The van der Waals surface area contributed by atoms with Crippen molar-refractivity contribution in [3.05, 3.63) is 57.8 Å². The Morgan fingerprint density at radius 1 is 1.35 bits per heavy atom. The Bertz CT molecular complexity index is 505. The van der Waals surface area contributed by atoms with E-state index in [0.717, 1.165) is 11.1 Å². The van der Waals surface area contributed by atoms with E-state index in [1.807, 2.05) is 49.7 Å². The fraction of sp³-hybridized carbons (Fsp3) is 0.214.